The van der Waals surface area contributed by atoms with Crippen molar-refractivity contribution in [3.8, 4) is 0 Å². The highest BCUT2D eigenvalue weighted by atomic mass is 35.5. The summed E-state index contributed by atoms with van der Waals surface area (Å²) in [7, 11) is 1.65. The second-order valence-electron chi connectivity index (χ2n) is 7.22. The Morgan fingerprint density at radius 1 is 1.21 bits per heavy atom. The first-order valence-corrected chi connectivity index (χ1v) is 9.53. The molecule has 4 rings (SSSR count). The van der Waals surface area contributed by atoms with Crippen molar-refractivity contribution in [3.63, 3.8) is 0 Å². The van der Waals surface area contributed by atoms with Crippen molar-refractivity contribution < 1.29 is 14.4 Å². The summed E-state index contributed by atoms with van der Waals surface area (Å²) < 4.78 is 1.84. The number of amides is 3. The van der Waals surface area contributed by atoms with Crippen molar-refractivity contribution >= 4 is 30.1 Å². The highest BCUT2D eigenvalue weighted by Crippen LogP contribution is 2.22. The van der Waals surface area contributed by atoms with Gasteiger partial charge in [-0.15, -0.1) is 12.4 Å². The predicted octanol–water partition coefficient (Wildman–Crippen LogP) is 1.60. The smallest absolute Gasteiger partial charge is 0.274 e. The zero-order valence-electron chi connectivity index (χ0n) is 16.2. The number of rotatable bonds is 5. The van der Waals surface area contributed by atoms with Crippen LogP contribution in [0.5, 0.6) is 0 Å². The SMILES string of the molecule is CN(CCN1C(=O)c2ccccc2C1=O)C(=O)c1ccn(C2CCCNC2)n1.Cl. The normalized spacial score (nSPS) is 18.4. The molecule has 1 fully saturated rings. The van der Waals surface area contributed by atoms with Crippen molar-refractivity contribution in [1.82, 2.24) is 24.9 Å². The van der Waals surface area contributed by atoms with Gasteiger partial charge < -0.3 is 10.2 Å². The van der Waals surface area contributed by atoms with E-state index in [9.17, 15) is 14.4 Å². The van der Waals surface area contributed by atoms with Crippen LogP contribution < -0.4 is 5.32 Å². The van der Waals surface area contributed by atoms with Crippen LogP contribution in [0.1, 0.15) is 50.1 Å². The Balaban J connectivity index is 0.00000240. The second kappa shape index (κ2) is 8.75. The molecule has 3 heterocycles. The van der Waals surface area contributed by atoms with Crippen molar-refractivity contribution in [1.29, 1.82) is 0 Å². The number of nitrogens with zero attached hydrogens (tertiary/aromatic N) is 4. The molecule has 1 atom stereocenters. The van der Waals surface area contributed by atoms with Crippen LogP contribution in [0.15, 0.2) is 36.5 Å². The molecule has 3 amide bonds. The van der Waals surface area contributed by atoms with Gasteiger partial charge in [-0.3, -0.25) is 24.0 Å². The molecule has 1 saturated heterocycles. The van der Waals surface area contributed by atoms with E-state index in [1.54, 1.807) is 37.4 Å². The van der Waals surface area contributed by atoms with Crippen LogP contribution in [-0.4, -0.2) is 70.5 Å². The lowest BCUT2D eigenvalue weighted by atomic mass is 10.1. The quantitative estimate of drug-likeness (QED) is 0.746. The van der Waals surface area contributed by atoms with Gasteiger partial charge in [-0.2, -0.15) is 5.10 Å². The zero-order chi connectivity index (χ0) is 19.7. The van der Waals surface area contributed by atoms with E-state index in [1.165, 1.54) is 9.80 Å². The average molecular weight is 418 g/mol. The molecule has 154 valence electrons. The van der Waals surface area contributed by atoms with E-state index in [2.05, 4.69) is 10.4 Å². The molecular weight excluding hydrogens is 394 g/mol. The van der Waals surface area contributed by atoms with Crippen molar-refractivity contribution in [3.05, 3.63) is 53.3 Å². The van der Waals surface area contributed by atoms with E-state index in [0.29, 0.717) is 16.8 Å². The van der Waals surface area contributed by atoms with E-state index in [4.69, 9.17) is 0 Å². The summed E-state index contributed by atoms with van der Waals surface area (Å²) in [6.07, 6.45) is 3.97. The molecule has 0 bridgehead atoms. The lowest BCUT2D eigenvalue weighted by Gasteiger charge is -2.23. The van der Waals surface area contributed by atoms with Gasteiger partial charge in [0.15, 0.2) is 0 Å². The minimum Gasteiger partial charge on any atom is -0.339 e. The molecule has 2 aromatic rings. The number of hydrogen-bond acceptors (Lipinski definition) is 5. The maximum atomic E-state index is 12.7. The fourth-order valence-electron chi connectivity index (χ4n) is 3.70. The average Bonchev–Trinajstić information content (AvgIpc) is 3.31. The summed E-state index contributed by atoms with van der Waals surface area (Å²) in [6, 6.07) is 8.76. The lowest BCUT2D eigenvalue weighted by molar-refractivity contribution is 0.0612. The minimum absolute atomic E-state index is 0. The standard InChI is InChI=1S/C20H23N5O3.ClH/c1-23(11-12-24-18(26)15-6-2-3-7-16(15)19(24)27)20(28)17-8-10-25(22-17)14-5-4-9-21-13-14;/h2-3,6-8,10,14,21H,4-5,9,11-13H2,1H3;1H. The molecule has 1 aromatic carbocycles. The molecule has 29 heavy (non-hydrogen) atoms. The Bertz CT molecular complexity index is 887. The van der Waals surface area contributed by atoms with Gasteiger partial charge in [0.05, 0.1) is 17.2 Å². The van der Waals surface area contributed by atoms with Crippen molar-refractivity contribution in [2.24, 2.45) is 0 Å². The van der Waals surface area contributed by atoms with Gasteiger partial charge in [-0.1, -0.05) is 12.1 Å². The summed E-state index contributed by atoms with van der Waals surface area (Å²) in [5.41, 5.74) is 1.21. The predicted molar refractivity (Wildman–Crippen MR) is 109 cm³/mol. The molecule has 2 aliphatic rings. The lowest BCUT2D eigenvalue weighted by Crippen LogP contribution is -2.39. The number of benzene rings is 1. The number of piperidine rings is 1. The van der Waals surface area contributed by atoms with Crippen LogP contribution in [-0.2, 0) is 0 Å². The molecule has 0 aliphatic carbocycles. The molecule has 2 aliphatic heterocycles. The molecule has 0 spiro atoms. The Morgan fingerprint density at radius 2 is 1.90 bits per heavy atom. The van der Waals surface area contributed by atoms with Crippen LogP contribution in [0.25, 0.3) is 0 Å². The number of likely N-dealkylation sites (N-methyl/N-ethyl adjacent to an activating group) is 1. The first-order chi connectivity index (χ1) is 13.6. The number of nitrogens with one attached hydrogen (secondary N) is 1. The van der Waals surface area contributed by atoms with E-state index in [1.807, 2.05) is 10.9 Å². The molecule has 1 aromatic heterocycles. The van der Waals surface area contributed by atoms with Gasteiger partial charge in [-0.05, 0) is 37.6 Å². The largest absolute Gasteiger partial charge is 0.339 e. The highest BCUT2D eigenvalue weighted by Gasteiger charge is 2.35. The van der Waals surface area contributed by atoms with E-state index in [0.717, 1.165) is 25.9 Å². The van der Waals surface area contributed by atoms with E-state index < -0.39 is 0 Å². The minimum atomic E-state index is -0.310. The molecular formula is C20H24ClN5O3. The van der Waals surface area contributed by atoms with Crippen LogP contribution in [0.2, 0.25) is 0 Å². The summed E-state index contributed by atoms with van der Waals surface area (Å²) in [5.74, 6) is -0.842. The number of halogens is 1. The number of hydrogen-bond donors (Lipinski definition) is 1. The zero-order valence-corrected chi connectivity index (χ0v) is 17.0. The third kappa shape index (κ3) is 4.04. The fourth-order valence-corrected chi connectivity index (χ4v) is 3.70. The molecule has 0 radical (unpaired) electrons. The topological polar surface area (TPSA) is 87.5 Å². The monoisotopic (exact) mass is 417 g/mol. The third-order valence-electron chi connectivity index (χ3n) is 5.36. The number of aromatic nitrogens is 2. The first kappa shape index (κ1) is 21.0. The second-order valence-corrected chi connectivity index (χ2v) is 7.22. The van der Waals surface area contributed by atoms with Gasteiger partial charge in [0.1, 0.15) is 5.69 Å². The highest BCUT2D eigenvalue weighted by molar-refractivity contribution is 6.21. The van der Waals surface area contributed by atoms with Crippen LogP contribution in [0.3, 0.4) is 0 Å². The van der Waals surface area contributed by atoms with Gasteiger partial charge in [0.2, 0.25) is 0 Å². The number of imide groups is 1. The van der Waals surface area contributed by atoms with Gasteiger partial charge >= 0.3 is 0 Å². The Labute approximate surface area is 175 Å². The number of carbonyl (C=O) groups is 3. The van der Waals surface area contributed by atoms with Gasteiger partial charge in [0.25, 0.3) is 17.7 Å². The Morgan fingerprint density at radius 3 is 2.52 bits per heavy atom. The summed E-state index contributed by atoms with van der Waals surface area (Å²) in [6.45, 7) is 2.28. The summed E-state index contributed by atoms with van der Waals surface area (Å²) in [4.78, 5) is 40.2. The maximum Gasteiger partial charge on any atom is 0.274 e. The fraction of sp³-hybridized carbons (Fsp3) is 0.400. The maximum absolute atomic E-state index is 12.7. The van der Waals surface area contributed by atoms with Crippen LogP contribution >= 0.6 is 12.4 Å². The Hall–Kier alpha value is -2.71. The molecule has 8 nitrogen and oxygen atoms in total. The van der Waals surface area contributed by atoms with Crippen LogP contribution in [0.4, 0.5) is 0 Å². The van der Waals surface area contributed by atoms with E-state index >= 15 is 0 Å². The summed E-state index contributed by atoms with van der Waals surface area (Å²) >= 11 is 0. The third-order valence-corrected chi connectivity index (χ3v) is 5.36. The van der Waals surface area contributed by atoms with Crippen molar-refractivity contribution in [2.45, 2.75) is 18.9 Å². The van der Waals surface area contributed by atoms with Gasteiger partial charge in [0, 0.05) is 32.9 Å². The molecule has 1 N–H and O–H groups in total. The molecule has 9 heteroatoms. The van der Waals surface area contributed by atoms with Gasteiger partial charge in [-0.25, -0.2) is 0 Å². The summed E-state index contributed by atoms with van der Waals surface area (Å²) in [5, 5.41) is 7.77. The van der Waals surface area contributed by atoms with E-state index in [-0.39, 0.29) is 49.3 Å². The number of carbonyl (C=O) groups excluding carboxylic acids is 3. The number of fused-ring (bicyclic) bond motifs is 1. The van der Waals surface area contributed by atoms with Crippen molar-refractivity contribution in [2.75, 3.05) is 33.2 Å². The molecule has 1 unspecified atom stereocenters. The molecule has 0 saturated carbocycles. The Kier molecular flexibility index (Phi) is 6.34. The van der Waals surface area contributed by atoms with Crippen LogP contribution in [0, 0.1) is 0 Å². The first-order valence-electron chi connectivity index (χ1n) is 9.53.